The van der Waals surface area contributed by atoms with Crippen LogP contribution >= 0.6 is 0 Å². The fourth-order valence-electron chi connectivity index (χ4n) is 3.38. The van der Waals surface area contributed by atoms with Gasteiger partial charge in [0.1, 0.15) is 0 Å². The molecule has 0 amide bonds. The molecule has 0 fully saturated rings. The van der Waals surface area contributed by atoms with E-state index in [1.54, 1.807) is 12.5 Å². The number of benzene rings is 1. The van der Waals surface area contributed by atoms with Crippen molar-refractivity contribution in [2.45, 2.75) is 31.8 Å². The van der Waals surface area contributed by atoms with Gasteiger partial charge in [0, 0.05) is 29.9 Å². The zero-order valence-corrected chi connectivity index (χ0v) is 13.1. The van der Waals surface area contributed by atoms with Gasteiger partial charge in [-0.15, -0.1) is 0 Å². The molecule has 4 heteroatoms. The van der Waals surface area contributed by atoms with Crippen LogP contribution < -0.4 is 5.32 Å². The minimum Gasteiger partial charge on any atom is -0.472 e. The van der Waals surface area contributed by atoms with Gasteiger partial charge >= 0.3 is 0 Å². The van der Waals surface area contributed by atoms with Gasteiger partial charge < -0.3 is 9.73 Å². The minimum atomic E-state index is 0.476. The van der Waals surface area contributed by atoms with Crippen LogP contribution in [0.15, 0.2) is 59.7 Å². The summed E-state index contributed by atoms with van der Waals surface area (Å²) in [7, 11) is 0. The Bertz CT molecular complexity index is 761. The molecule has 4 rings (SSSR count). The predicted octanol–water partition coefficient (Wildman–Crippen LogP) is 3.81. The average molecular weight is 307 g/mol. The second kappa shape index (κ2) is 6.42. The first kappa shape index (κ1) is 14.3. The molecule has 1 aliphatic carbocycles. The third-order valence-corrected chi connectivity index (χ3v) is 4.59. The quantitative estimate of drug-likeness (QED) is 0.779. The maximum Gasteiger partial charge on any atom is 0.0982 e. The van der Waals surface area contributed by atoms with Gasteiger partial charge in [0.2, 0.25) is 0 Å². The Kier molecular flexibility index (Phi) is 3.99. The summed E-state index contributed by atoms with van der Waals surface area (Å²) in [6.07, 6.45) is 11.1. The molecule has 0 saturated heterocycles. The van der Waals surface area contributed by atoms with E-state index in [-0.39, 0.29) is 0 Å². The van der Waals surface area contributed by atoms with Crippen molar-refractivity contribution in [2.75, 3.05) is 6.54 Å². The van der Waals surface area contributed by atoms with Crippen LogP contribution in [0, 0.1) is 0 Å². The molecule has 118 valence electrons. The van der Waals surface area contributed by atoms with Gasteiger partial charge in [-0.05, 0) is 36.5 Å². The monoisotopic (exact) mass is 307 g/mol. The number of furan rings is 1. The summed E-state index contributed by atoms with van der Waals surface area (Å²) in [5.41, 5.74) is 5.14. The smallest absolute Gasteiger partial charge is 0.0982 e. The maximum absolute atomic E-state index is 5.12. The number of hydrogen-bond acceptors (Lipinski definition) is 3. The molecule has 0 spiro atoms. The van der Waals surface area contributed by atoms with Gasteiger partial charge in [0.25, 0.3) is 0 Å². The summed E-state index contributed by atoms with van der Waals surface area (Å²) in [6.45, 7) is 1.79. The van der Waals surface area contributed by atoms with Gasteiger partial charge in [0.15, 0.2) is 0 Å². The zero-order valence-electron chi connectivity index (χ0n) is 13.1. The van der Waals surface area contributed by atoms with Crippen LogP contribution in [0.2, 0.25) is 0 Å². The first-order chi connectivity index (χ1) is 11.4. The molecule has 0 aliphatic heterocycles. The molecule has 3 aromatic rings. The fraction of sp³-hybridized carbons (Fsp3) is 0.316. The molecular formula is C19H21N3O. The Morgan fingerprint density at radius 2 is 2.17 bits per heavy atom. The van der Waals surface area contributed by atoms with Crippen LogP contribution in [0.1, 0.15) is 30.0 Å². The van der Waals surface area contributed by atoms with E-state index in [4.69, 9.17) is 4.42 Å². The Labute approximate surface area is 136 Å². The molecule has 1 aliphatic rings. The lowest BCUT2D eigenvalue weighted by molar-refractivity contribution is 0.437. The van der Waals surface area contributed by atoms with Crippen molar-refractivity contribution in [3.63, 3.8) is 0 Å². The highest BCUT2D eigenvalue weighted by atomic mass is 16.3. The molecule has 0 radical (unpaired) electrons. The third kappa shape index (κ3) is 3.08. The Morgan fingerprint density at radius 3 is 3.09 bits per heavy atom. The number of nitrogens with zero attached hydrogens (tertiary/aromatic N) is 2. The molecular weight excluding hydrogens is 286 g/mol. The topological polar surface area (TPSA) is 43.0 Å². The molecule has 2 heterocycles. The third-order valence-electron chi connectivity index (χ3n) is 4.59. The molecule has 23 heavy (non-hydrogen) atoms. The van der Waals surface area contributed by atoms with E-state index >= 15 is 0 Å². The average Bonchev–Trinajstić information content (AvgIpc) is 3.26. The van der Waals surface area contributed by atoms with Crippen molar-refractivity contribution in [3.05, 3.63) is 66.4 Å². The second-order valence-electron chi connectivity index (χ2n) is 6.10. The highest BCUT2D eigenvalue weighted by Crippen LogP contribution is 2.29. The number of fused-ring (bicyclic) bond motifs is 1. The number of aryl methyl sites for hydroxylation is 1. The van der Waals surface area contributed by atoms with Crippen LogP contribution in [0.25, 0.3) is 11.1 Å². The van der Waals surface area contributed by atoms with Crippen LogP contribution in [-0.2, 0) is 13.0 Å². The van der Waals surface area contributed by atoms with E-state index in [9.17, 15) is 0 Å². The molecule has 1 atom stereocenters. The summed E-state index contributed by atoms with van der Waals surface area (Å²) >= 11 is 0. The van der Waals surface area contributed by atoms with Crippen molar-refractivity contribution in [1.29, 1.82) is 0 Å². The first-order valence-corrected chi connectivity index (χ1v) is 8.26. The van der Waals surface area contributed by atoms with Gasteiger partial charge in [-0.2, -0.15) is 5.10 Å². The van der Waals surface area contributed by atoms with E-state index in [0.29, 0.717) is 6.04 Å². The number of nitrogens with one attached hydrogen (secondary N) is 1. The summed E-state index contributed by atoms with van der Waals surface area (Å²) in [4.78, 5) is 0. The highest BCUT2D eigenvalue weighted by molar-refractivity contribution is 5.59. The van der Waals surface area contributed by atoms with Crippen LogP contribution in [0.4, 0.5) is 0 Å². The summed E-state index contributed by atoms with van der Waals surface area (Å²) < 4.78 is 7.11. The molecule has 1 aromatic carbocycles. The van der Waals surface area contributed by atoms with Gasteiger partial charge in [-0.3, -0.25) is 4.68 Å². The normalized spacial score (nSPS) is 17.1. The lowest BCUT2D eigenvalue weighted by atomic mass is 9.88. The molecule has 0 saturated carbocycles. The molecule has 0 bridgehead atoms. The highest BCUT2D eigenvalue weighted by Gasteiger charge is 2.18. The van der Waals surface area contributed by atoms with E-state index in [2.05, 4.69) is 40.9 Å². The minimum absolute atomic E-state index is 0.476. The zero-order chi connectivity index (χ0) is 15.5. The van der Waals surface area contributed by atoms with Crippen molar-refractivity contribution >= 4 is 0 Å². The SMILES string of the molecule is c1ccc2c(c1)CCCC2NCCn1cc(-c2ccoc2)cn1. The molecule has 2 aromatic heterocycles. The van der Waals surface area contributed by atoms with E-state index < -0.39 is 0 Å². The lowest BCUT2D eigenvalue weighted by Crippen LogP contribution is -2.28. The van der Waals surface area contributed by atoms with Crippen LogP contribution in [-0.4, -0.2) is 16.3 Å². The van der Waals surface area contributed by atoms with E-state index in [0.717, 1.165) is 24.2 Å². The van der Waals surface area contributed by atoms with Crippen molar-refractivity contribution in [1.82, 2.24) is 15.1 Å². The van der Waals surface area contributed by atoms with Crippen molar-refractivity contribution in [3.8, 4) is 11.1 Å². The van der Waals surface area contributed by atoms with Gasteiger partial charge in [0.05, 0.1) is 25.3 Å². The van der Waals surface area contributed by atoms with E-state index in [1.807, 2.05) is 16.9 Å². The summed E-state index contributed by atoms with van der Waals surface area (Å²) in [5.74, 6) is 0. The molecule has 1 N–H and O–H groups in total. The maximum atomic E-state index is 5.12. The van der Waals surface area contributed by atoms with E-state index in [1.165, 1.54) is 30.4 Å². The molecule has 1 unspecified atom stereocenters. The van der Waals surface area contributed by atoms with Gasteiger partial charge in [-0.25, -0.2) is 0 Å². The van der Waals surface area contributed by atoms with Crippen molar-refractivity contribution < 1.29 is 4.42 Å². The largest absolute Gasteiger partial charge is 0.472 e. The summed E-state index contributed by atoms with van der Waals surface area (Å²) in [6, 6.07) is 11.2. The lowest BCUT2D eigenvalue weighted by Gasteiger charge is -2.26. The fourth-order valence-corrected chi connectivity index (χ4v) is 3.38. The Hall–Kier alpha value is -2.33. The first-order valence-electron chi connectivity index (χ1n) is 8.26. The van der Waals surface area contributed by atoms with Crippen LogP contribution in [0.5, 0.6) is 0 Å². The number of rotatable bonds is 5. The standard InChI is InChI=1S/C19H21N3O/c1-2-6-18-15(4-1)5-3-7-19(18)20-9-10-22-13-17(12-21-22)16-8-11-23-14-16/h1-2,4,6,8,11-14,19-20H,3,5,7,9-10H2. The van der Waals surface area contributed by atoms with Crippen LogP contribution in [0.3, 0.4) is 0 Å². The predicted molar refractivity (Wildman–Crippen MR) is 90.1 cm³/mol. The molecule has 4 nitrogen and oxygen atoms in total. The van der Waals surface area contributed by atoms with Gasteiger partial charge in [-0.1, -0.05) is 24.3 Å². The Morgan fingerprint density at radius 1 is 1.22 bits per heavy atom. The second-order valence-corrected chi connectivity index (χ2v) is 6.10. The number of aromatic nitrogens is 2. The summed E-state index contributed by atoms with van der Waals surface area (Å²) in [5, 5.41) is 8.13. The Balaban J connectivity index is 1.36. The number of hydrogen-bond donors (Lipinski definition) is 1. The van der Waals surface area contributed by atoms with Crippen molar-refractivity contribution in [2.24, 2.45) is 0 Å².